The van der Waals surface area contributed by atoms with Gasteiger partial charge in [-0.2, -0.15) is 0 Å². The molecule has 0 bridgehead atoms. The smallest absolute Gasteiger partial charge is 0.238 e. The molecule has 0 saturated heterocycles. The molecule has 114 valence electrons. The van der Waals surface area contributed by atoms with Crippen molar-refractivity contribution in [2.75, 3.05) is 18.9 Å². The lowest BCUT2D eigenvalue weighted by Crippen LogP contribution is -2.34. The highest BCUT2D eigenvalue weighted by Crippen LogP contribution is 2.33. The van der Waals surface area contributed by atoms with E-state index in [1.807, 2.05) is 37.4 Å². The fourth-order valence-corrected chi connectivity index (χ4v) is 3.24. The fourth-order valence-electron chi connectivity index (χ4n) is 3.24. The minimum atomic E-state index is 0.0387. The molecule has 3 nitrogen and oxygen atoms in total. The Balaban J connectivity index is 1.65. The van der Waals surface area contributed by atoms with Gasteiger partial charge in [-0.05, 0) is 49.6 Å². The molecule has 0 aliphatic heterocycles. The van der Waals surface area contributed by atoms with Gasteiger partial charge in [0.05, 0.1) is 6.54 Å². The van der Waals surface area contributed by atoms with Gasteiger partial charge in [0, 0.05) is 11.7 Å². The summed E-state index contributed by atoms with van der Waals surface area (Å²) in [4.78, 5) is 14.4. The van der Waals surface area contributed by atoms with E-state index in [2.05, 4.69) is 34.5 Å². The van der Waals surface area contributed by atoms with E-state index in [4.69, 9.17) is 0 Å². The van der Waals surface area contributed by atoms with Crippen LogP contribution in [0.3, 0.4) is 0 Å². The van der Waals surface area contributed by atoms with Gasteiger partial charge in [-0.15, -0.1) is 0 Å². The minimum Gasteiger partial charge on any atom is -0.325 e. The molecule has 1 amide bonds. The summed E-state index contributed by atoms with van der Waals surface area (Å²) in [6.45, 7) is 0.411. The van der Waals surface area contributed by atoms with Crippen LogP contribution in [0.25, 0.3) is 0 Å². The summed E-state index contributed by atoms with van der Waals surface area (Å²) in [5.41, 5.74) is 3.66. The van der Waals surface area contributed by atoms with Gasteiger partial charge >= 0.3 is 0 Å². The number of carbonyl (C=O) groups is 1. The van der Waals surface area contributed by atoms with Crippen molar-refractivity contribution in [1.82, 2.24) is 4.90 Å². The Morgan fingerprint density at radius 1 is 1.14 bits per heavy atom. The van der Waals surface area contributed by atoms with Crippen molar-refractivity contribution in [3.8, 4) is 0 Å². The van der Waals surface area contributed by atoms with E-state index in [1.54, 1.807) is 0 Å². The summed E-state index contributed by atoms with van der Waals surface area (Å²) in [5, 5.41) is 2.96. The second-order valence-electron chi connectivity index (χ2n) is 5.94. The lowest BCUT2D eigenvalue weighted by Gasteiger charge is -2.32. The number of aryl methyl sites for hydroxylation is 1. The van der Waals surface area contributed by atoms with Crippen molar-refractivity contribution >= 4 is 11.6 Å². The van der Waals surface area contributed by atoms with Crippen LogP contribution in [0.15, 0.2) is 54.6 Å². The molecule has 0 unspecified atom stereocenters. The Labute approximate surface area is 132 Å². The number of hydrogen-bond donors (Lipinski definition) is 1. The average Bonchev–Trinajstić information content (AvgIpc) is 2.55. The van der Waals surface area contributed by atoms with Crippen LogP contribution < -0.4 is 5.32 Å². The standard InChI is InChI=1S/C19H22N2O/c1-21(14-19(22)20-16-10-3-2-4-11-16)18-13-7-9-15-8-5-6-12-17(15)18/h2-6,8,10-12,18H,7,9,13-14H2,1H3,(H,20,22)/t18-/m0/s1. The molecule has 3 heteroatoms. The minimum absolute atomic E-state index is 0.0387. The molecule has 0 fully saturated rings. The number of nitrogens with zero attached hydrogens (tertiary/aromatic N) is 1. The molecule has 2 aromatic rings. The molecular formula is C19H22N2O. The van der Waals surface area contributed by atoms with Crippen LogP contribution in [0.5, 0.6) is 0 Å². The maximum atomic E-state index is 12.2. The molecule has 1 aliphatic carbocycles. The second kappa shape index (κ2) is 6.75. The van der Waals surface area contributed by atoms with Crippen molar-refractivity contribution in [3.05, 3.63) is 65.7 Å². The van der Waals surface area contributed by atoms with E-state index >= 15 is 0 Å². The molecule has 3 rings (SSSR count). The van der Waals surface area contributed by atoms with Gasteiger partial charge in [-0.25, -0.2) is 0 Å². The van der Waals surface area contributed by atoms with Crippen molar-refractivity contribution in [3.63, 3.8) is 0 Å². The number of benzene rings is 2. The predicted octanol–water partition coefficient (Wildman–Crippen LogP) is 3.63. The number of likely N-dealkylation sites (N-methyl/N-ethyl adjacent to an activating group) is 1. The molecule has 2 aromatic carbocycles. The summed E-state index contributed by atoms with van der Waals surface area (Å²) < 4.78 is 0. The van der Waals surface area contributed by atoms with Gasteiger partial charge in [0.15, 0.2) is 0 Å². The maximum absolute atomic E-state index is 12.2. The van der Waals surface area contributed by atoms with E-state index in [-0.39, 0.29) is 5.91 Å². The highest BCUT2D eigenvalue weighted by Gasteiger charge is 2.24. The van der Waals surface area contributed by atoms with Crippen LogP contribution in [0.4, 0.5) is 5.69 Å². The summed E-state index contributed by atoms with van der Waals surface area (Å²) in [5.74, 6) is 0.0387. The quantitative estimate of drug-likeness (QED) is 0.934. The summed E-state index contributed by atoms with van der Waals surface area (Å²) >= 11 is 0. The molecule has 22 heavy (non-hydrogen) atoms. The molecule has 0 radical (unpaired) electrons. The molecule has 0 heterocycles. The van der Waals surface area contributed by atoms with Crippen molar-refractivity contribution in [2.45, 2.75) is 25.3 Å². The van der Waals surface area contributed by atoms with Gasteiger partial charge in [0.25, 0.3) is 0 Å². The van der Waals surface area contributed by atoms with Crippen LogP contribution in [-0.2, 0) is 11.2 Å². The number of rotatable bonds is 4. The Hall–Kier alpha value is -2.13. The first kappa shape index (κ1) is 14.8. The Morgan fingerprint density at radius 2 is 1.86 bits per heavy atom. The average molecular weight is 294 g/mol. The first-order valence-electron chi connectivity index (χ1n) is 7.87. The largest absolute Gasteiger partial charge is 0.325 e. The molecule has 1 aliphatic rings. The van der Waals surface area contributed by atoms with Crippen molar-refractivity contribution in [2.24, 2.45) is 0 Å². The van der Waals surface area contributed by atoms with Crippen LogP contribution in [0, 0.1) is 0 Å². The SMILES string of the molecule is CN(CC(=O)Nc1ccccc1)[C@H]1CCCc2ccccc21. The van der Waals surface area contributed by atoms with Gasteiger partial charge in [0.2, 0.25) is 5.91 Å². The monoisotopic (exact) mass is 294 g/mol. The number of amides is 1. The summed E-state index contributed by atoms with van der Waals surface area (Å²) in [6.07, 6.45) is 3.45. The number of carbonyl (C=O) groups excluding carboxylic acids is 1. The normalized spacial score (nSPS) is 17.1. The van der Waals surface area contributed by atoms with Crippen LogP contribution in [0.1, 0.15) is 30.0 Å². The Bertz CT molecular complexity index is 639. The molecular weight excluding hydrogens is 272 g/mol. The second-order valence-corrected chi connectivity index (χ2v) is 5.94. The maximum Gasteiger partial charge on any atom is 0.238 e. The van der Waals surface area contributed by atoms with Gasteiger partial charge in [-0.1, -0.05) is 42.5 Å². The fraction of sp³-hybridized carbons (Fsp3) is 0.316. The van der Waals surface area contributed by atoms with Crippen molar-refractivity contribution < 1.29 is 4.79 Å². The summed E-state index contributed by atoms with van der Waals surface area (Å²) in [7, 11) is 2.04. The molecule has 0 aromatic heterocycles. The van der Waals surface area contributed by atoms with E-state index in [1.165, 1.54) is 17.5 Å². The number of fused-ring (bicyclic) bond motifs is 1. The highest BCUT2D eigenvalue weighted by molar-refractivity contribution is 5.92. The molecule has 1 N–H and O–H groups in total. The Morgan fingerprint density at radius 3 is 2.68 bits per heavy atom. The first-order valence-corrected chi connectivity index (χ1v) is 7.87. The molecule has 1 atom stereocenters. The molecule has 0 saturated carbocycles. The predicted molar refractivity (Wildman–Crippen MR) is 89.8 cm³/mol. The van der Waals surface area contributed by atoms with E-state index in [0.717, 1.165) is 18.5 Å². The van der Waals surface area contributed by atoms with E-state index in [0.29, 0.717) is 12.6 Å². The van der Waals surface area contributed by atoms with E-state index in [9.17, 15) is 4.79 Å². The highest BCUT2D eigenvalue weighted by atomic mass is 16.2. The van der Waals surface area contributed by atoms with Gasteiger partial charge < -0.3 is 5.32 Å². The zero-order valence-corrected chi connectivity index (χ0v) is 13.0. The van der Waals surface area contributed by atoms with Crippen LogP contribution in [0.2, 0.25) is 0 Å². The number of nitrogens with one attached hydrogen (secondary N) is 1. The lowest BCUT2D eigenvalue weighted by molar-refractivity contribution is -0.117. The Kier molecular flexibility index (Phi) is 4.54. The van der Waals surface area contributed by atoms with Gasteiger partial charge in [0.1, 0.15) is 0 Å². The number of anilines is 1. The lowest BCUT2D eigenvalue weighted by atomic mass is 9.87. The number of hydrogen-bond acceptors (Lipinski definition) is 2. The zero-order chi connectivity index (χ0) is 15.4. The van der Waals surface area contributed by atoms with Gasteiger partial charge in [-0.3, -0.25) is 9.69 Å². The van der Waals surface area contributed by atoms with Crippen LogP contribution >= 0.6 is 0 Å². The third-order valence-electron chi connectivity index (χ3n) is 4.32. The number of para-hydroxylation sites is 1. The zero-order valence-electron chi connectivity index (χ0n) is 13.0. The van der Waals surface area contributed by atoms with E-state index < -0.39 is 0 Å². The van der Waals surface area contributed by atoms with Crippen molar-refractivity contribution in [1.29, 1.82) is 0 Å². The summed E-state index contributed by atoms with van der Waals surface area (Å²) in [6, 6.07) is 18.6. The third-order valence-corrected chi connectivity index (χ3v) is 4.32. The molecule has 0 spiro atoms. The first-order chi connectivity index (χ1) is 10.7. The van der Waals surface area contributed by atoms with Crippen LogP contribution in [-0.4, -0.2) is 24.4 Å². The topological polar surface area (TPSA) is 32.3 Å². The third kappa shape index (κ3) is 3.37.